The minimum absolute atomic E-state index is 0.00852. The number of fused-ring (bicyclic) bond motifs is 1. The van der Waals surface area contributed by atoms with Crippen molar-refractivity contribution in [3.8, 4) is 0 Å². The predicted molar refractivity (Wildman–Crippen MR) is 77.6 cm³/mol. The molecular formula is C14H18N2O4S. The SMILES string of the molecule is CCCCCNS(=O)(=O)c1ccc2c(c1)C(=O)N(C)C2=O. The molecule has 0 fully saturated rings. The van der Waals surface area contributed by atoms with E-state index in [2.05, 4.69) is 4.72 Å². The molecule has 1 N–H and O–H groups in total. The molecule has 1 aliphatic rings. The Hall–Kier alpha value is -1.73. The molecule has 0 unspecified atom stereocenters. The van der Waals surface area contributed by atoms with Crippen LogP contribution in [0.2, 0.25) is 0 Å². The van der Waals surface area contributed by atoms with Crippen LogP contribution in [0.3, 0.4) is 0 Å². The monoisotopic (exact) mass is 310 g/mol. The smallest absolute Gasteiger partial charge is 0.261 e. The number of nitrogens with zero attached hydrogens (tertiary/aromatic N) is 1. The van der Waals surface area contributed by atoms with Gasteiger partial charge in [0.15, 0.2) is 0 Å². The maximum absolute atomic E-state index is 12.1. The molecule has 0 bridgehead atoms. The van der Waals surface area contributed by atoms with Crippen LogP contribution in [0.5, 0.6) is 0 Å². The average molecular weight is 310 g/mol. The zero-order valence-corrected chi connectivity index (χ0v) is 12.9. The van der Waals surface area contributed by atoms with Crippen molar-refractivity contribution in [2.75, 3.05) is 13.6 Å². The van der Waals surface area contributed by atoms with Crippen LogP contribution in [0.4, 0.5) is 0 Å². The van der Waals surface area contributed by atoms with E-state index in [1.54, 1.807) is 0 Å². The van der Waals surface area contributed by atoms with E-state index in [-0.39, 0.29) is 16.0 Å². The molecule has 0 aliphatic carbocycles. The second-order valence-corrected chi connectivity index (χ2v) is 6.75. The van der Waals surface area contributed by atoms with E-state index in [9.17, 15) is 18.0 Å². The number of carbonyl (C=O) groups is 2. The molecule has 1 heterocycles. The number of nitrogens with one attached hydrogen (secondary N) is 1. The largest absolute Gasteiger partial charge is 0.277 e. The summed E-state index contributed by atoms with van der Waals surface area (Å²) in [5.74, 6) is -0.882. The highest BCUT2D eigenvalue weighted by atomic mass is 32.2. The summed E-state index contributed by atoms with van der Waals surface area (Å²) in [5.41, 5.74) is 0.381. The standard InChI is InChI=1S/C14H18N2O4S/c1-3-4-5-8-15-21(19,20)10-6-7-11-12(9-10)14(18)16(2)13(11)17/h6-7,9,15H,3-5,8H2,1-2H3. The van der Waals surface area contributed by atoms with Crippen LogP contribution in [0.15, 0.2) is 23.1 Å². The van der Waals surface area contributed by atoms with Crippen LogP contribution in [0.25, 0.3) is 0 Å². The third-order valence-electron chi connectivity index (χ3n) is 3.44. The number of amides is 2. The fraction of sp³-hybridized carbons (Fsp3) is 0.429. The molecular weight excluding hydrogens is 292 g/mol. The van der Waals surface area contributed by atoms with Gasteiger partial charge >= 0.3 is 0 Å². The molecule has 0 radical (unpaired) electrons. The van der Waals surface area contributed by atoms with E-state index in [1.807, 2.05) is 6.92 Å². The lowest BCUT2D eigenvalue weighted by Crippen LogP contribution is -2.25. The quantitative estimate of drug-likeness (QED) is 0.635. The fourth-order valence-corrected chi connectivity index (χ4v) is 3.27. The van der Waals surface area contributed by atoms with Gasteiger partial charge in [0.1, 0.15) is 0 Å². The van der Waals surface area contributed by atoms with Crippen LogP contribution in [-0.4, -0.2) is 38.7 Å². The lowest BCUT2D eigenvalue weighted by molar-refractivity contribution is 0.0693. The summed E-state index contributed by atoms with van der Waals surface area (Å²) < 4.78 is 26.8. The van der Waals surface area contributed by atoms with Gasteiger partial charge in [-0.3, -0.25) is 14.5 Å². The van der Waals surface area contributed by atoms with Gasteiger partial charge < -0.3 is 0 Å². The van der Waals surface area contributed by atoms with Crippen molar-refractivity contribution in [3.63, 3.8) is 0 Å². The first-order chi connectivity index (χ1) is 9.88. The fourth-order valence-electron chi connectivity index (χ4n) is 2.17. The molecule has 2 rings (SSSR count). The number of sulfonamides is 1. The zero-order chi connectivity index (χ0) is 15.6. The van der Waals surface area contributed by atoms with Crippen LogP contribution in [0, 0.1) is 0 Å². The maximum Gasteiger partial charge on any atom is 0.261 e. The molecule has 0 atom stereocenters. The number of rotatable bonds is 6. The van der Waals surface area contributed by atoms with Crippen molar-refractivity contribution in [2.45, 2.75) is 31.1 Å². The minimum Gasteiger partial charge on any atom is -0.277 e. The van der Waals surface area contributed by atoms with Crippen molar-refractivity contribution in [1.82, 2.24) is 9.62 Å². The molecule has 0 aromatic heterocycles. The van der Waals surface area contributed by atoms with Crippen LogP contribution in [0.1, 0.15) is 46.9 Å². The minimum atomic E-state index is -3.65. The number of hydrogen-bond acceptors (Lipinski definition) is 4. The van der Waals surface area contributed by atoms with Gasteiger partial charge in [0.05, 0.1) is 16.0 Å². The molecule has 2 amide bonds. The van der Waals surface area contributed by atoms with Gasteiger partial charge in [-0.1, -0.05) is 19.8 Å². The van der Waals surface area contributed by atoms with Gasteiger partial charge in [0, 0.05) is 13.6 Å². The molecule has 0 saturated carbocycles. The van der Waals surface area contributed by atoms with E-state index in [1.165, 1.54) is 25.2 Å². The highest BCUT2D eigenvalue weighted by molar-refractivity contribution is 7.89. The van der Waals surface area contributed by atoms with Crippen molar-refractivity contribution in [3.05, 3.63) is 29.3 Å². The Morgan fingerprint density at radius 3 is 2.43 bits per heavy atom. The van der Waals surface area contributed by atoms with Crippen LogP contribution < -0.4 is 4.72 Å². The summed E-state index contributed by atoms with van der Waals surface area (Å²) in [6.07, 6.45) is 2.72. The zero-order valence-electron chi connectivity index (χ0n) is 12.0. The Labute approximate surface area is 124 Å². The Morgan fingerprint density at radius 1 is 1.10 bits per heavy atom. The molecule has 1 aliphatic heterocycles. The van der Waals surface area contributed by atoms with Crippen molar-refractivity contribution < 1.29 is 18.0 Å². The van der Waals surface area contributed by atoms with E-state index in [0.29, 0.717) is 6.54 Å². The van der Waals surface area contributed by atoms with Crippen LogP contribution in [-0.2, 0) is 10.0 Å². The topological polar surface area (TPSA) is 83.6 Å². The highest BCUT2D eigenvalue weighted by Gasteiger charge is 2.33. The van der Waals surface area contributed by atoms with Gasteiger partial charge in [-0.2, -0.15) is 0 Å². The summed E-state index contributed by atoms with van der Waals surface area (Å²) >= 11 is 0. The first-order valence-electron chi connectivity index (χ1n) is 6.84. The molecule has 7 heteroatoms. The van der Waals surface area contributed by atoms with Crippen molar-refractivity contribution >= 4 is 21.8 Å². The Morgan fingerprint density at radius 2 is 1.76 bits per heavy atom. The van der Waals surface area contributed by atoms with Crippen molar-refractivity contribution in [1.29, 1.82) is 0 Å². The Kier molecular flexibility index (Phi) is 4.43. The molecule has 1 aromatic carbocycles. The molecule has 0 spiro atoms. The van der Waals surface area contributed by atoms with Crippen molar-refractivity contribution in [2.24, 2.45) is 0 Å². The first kappa shape index (κ1) is 15.7. The van der Waals surface area contributed by atoms with E-state index < -0.39 is 21.8 Å². The van der Waals surface area contributed by atoms with Gasteiger partial charge in [0.2, 0.25) is 10.0 Å². The second-order valence-electron chi connectivity index (χ2n) is 4.98. The van der Waals surface area contributed by atoms with Gasteiger partial charge in [-0.25, -0.2) is 13.1 Å². The third kappa shape index (κ3) is 2.98. The van der Waals surface area contributed by atoms with Gasteiger partial charge in [0.25, 0.3) is 11.8 Å². The molecule has 1 aromatic rings. The number of imide groups is 1. The maximum atomic E-state index is 12.1. The number of carbonyl (C=O) groups excluding carboxylic acids is 2. The summed E-state index contributed by atoms with van der Waals surface area (Å²) in [6.45, 7) is 2.40. The number of unbranched alkanes of at least 4 members (excludes halogenated alkanes) is 2. The highest BCUT2D eigenvalue weighted by Crippen LogP contribution is 2.24. The lowest BCUT2D eigenvalue weighted by Gasteiger charge is -2.07. The molecule has 21 heavy (non-hydrogen) atoms. The Balaban J connectivity index is 2.23. The van der Waals surface area contributed by atoms with E-state index in [0.717, 1.165) is 24.2 Å². The third-order valence-corrected chi connectivity index (χ3v) is 4.90. The average Bonchev–Trinajstić information content (AvgIpc) is 2.68. The van der Waals surface area contributed by atoms with Crippen LogP contribution >= 0.6 is 0 Å². The lowest BCUT2D eigenvalue weighted by atomic mass is 10.1. The van der Waals surface area contributed by atoms with Gasteiger partial charge in [-0.05, 0) is 24.6 Å². The molecule has 114 valence electrons. The summed E-state index contributed by atoms with van der Waals surface area (Å²) in [4.78, 5) is 24.6. The molecule has 0 saturated heterocycles. The number of hydrogen-bond donors (Lipinski definition) is 1. The molecule has 6 nitrogen and oxygen atoms in total. The number of benzene rings is 1. The van der Waals surface area contributed by atoms with E-state index >= 15 is 0 Å². The van der Waals surface area contributed by atoms with E-state index in [4.69, 9.17) is 0 Å². The summed E-state index contributed by atoms with van der Waals surface area (Å²) in [6, 6.07) is 4.01. The predicted octanol–water partition coefficient (Wildman–Crippen LogP) is 1.38. The Bertz CT molecular complexity index is 682. The van der Waals surface area contributed by atoms with Gasteiger partial charge in [-0.15, -0.1) is 0 Å². The second kappa shape index (κ2) is 5.95. The summed E-state index contributed by atoms with van der Waals surface area (Å²) in [7, 11) is -2.28. The first-order valence-corrected chi connectivity index (χ1v) is 8.33. The summed E-state index contributed by atoms with van der Waals surface area (Å²) in [5, 5.41) is 0. The normalized spacial score (nSPS) is 14.7.